The van der Waals surface area contributed by atoms with E-state index in [2.05, 4.69) is 39.6 Å². The standard InChI is InChI=1S/C16H15N3OS/c20-16-15-13(5-6-21-15)18-14(19-16)9-17-8-11-7-10-3-1-2-4-12(10)11/h1-6,11,17H,7-9H2,(H,18,19,20). The molecule has 2 aromatic heterocycles. The van der Waals surface area contributed by atoms with Gasteiger partial charge in [-0.05, 0) is 29.0 Å². The van der Waals surface area contributed by atoms with Gasteiger partial charge in [0.25, 0.3) is 5.56 Å². The highest BCUT2D eigenvalue weighted by Crippen LogP contribution is 2.33. The highest BCUT2D eigenvalue weighted by atomic mass is 32.1. The largest absolute Gasteiger partial charge is 0.309 e. The van der Waals surface area contributed by atoms with E-state index in [1.807, 2.05) is 11.4 Å². The SMILES string of the molecule is O=c1[nH]c(CNCC2Cc3ccccc32)nc2ccsc12. The maximum absolute atomic E-state index is 11.9. The third-order valence-electron chi connectivity index (χ3n) is 4.01. The van der Waals surface area contributed by atoms with E-state index in [9.17, 15) is 4.79 Å². The van der Waals surface area contributed by atoms with Crippen molar-refractivity contribution in [2.75, 3.05) is 6.54 Å². The van der Waals surface area contributed by atoms with Crippen molar-refractivity contribution in [1.82, 2.24) is 15.3 Å². The Morgan fingerprint density at radius 2 is 2.24 bits per heavy atom. The lowest BCUT2D eigenvalue weighted by atomic mass is 9.78. The normalized spacial score (nSPS) is 16.7. The third-order valence-corrected chi connectivity index (χ3v) is 4.91. The number of H-pyrrole nitrogens is 1. The van der Waals surface area contributed by atoms with Crippen LogP contribution in [0.4, 0.5) is 0 Å². The Balaban J connectivity index is 1.42. The van der Waals surface area contributed by atoms with Crippen molar-refractivity contribution in [3.63, 3.8) is 0 Å². The zero-order valence-electron chi connectivity index (χ0n) is 11.4. The number of aromatic amines is 1. The Morgan fingerprint density at radius 1 is 1.33 bits per heavy atom. The second-order valence-corrected chi connectivity index (χ2v) is 6.29. The number of nitrogens with zero attached hydrogens (tertiary/aromatic N) is 1. The lowest BCUT2D eigenvalue weighted by Crippen LogP contribution is -2.29. The molecule has 1 aliphatic carbocycles. The molecule has 0 saturated carbocycles. The average molecular weight is 297 g/mol. The van der Waals surface area contributed by atoms with Crippen molar-refractivity contribution in [2.45, 2.75) is 18.9 Å². The molecular weight excluding hydrogens is 282 g/mol. The molecule has 3 aromatic rings. The molecule has 1 aromatic carbocycles. The summed E-state index contributed by atoms with van der Waals surface area (Å²) in [5.74, 6) is 1.29. The van der Waals surface area contributed by atoms with Crippen LogP contribution in [0.25, 0.3) is 10.2 Å². The number of thiophene rings is 1. The number of benzene rings is 1. The van der Waals surface area contributed by atoms with Gasteiger partial charge in [0, 0.05) is 12.5 Å². The van der Waals surface area contributed by atoms with Crippen molar-refractivity contribution in [1.29, 1.82) is 0 Å². The molecule has 1 atom stereocenters. The summed E-state index contributed by atoms with van der Waals surface area (Å²) in [6.45, 7) is 1.52. The van der Waals surface area contributed by atoms with E-state index in [1.54, 1.807) is 0 Å². The summed E-state index contributed by atoms with van der Waals surface area (Å²) in [5.41, 5.74) is 3.64. The minimum Gasteiger partial charge on any atom is -0.309 e. The second-order valence-electron chi connectivity index (χ2n) is 5.38. The summed E-state index contributed by atoms with van der Waals surface area (Å²) >= 11 is 1.43. The highest BCUT2D eigenvalue weighted by Gasteiger charge is 2.24. The minimum absolute atomic E-state index is 0.0409. The van der Waals surface area contributed by atoms with E-state index >= 15 is 0 Å². The van der Waals surface area contributed by atoms with Crippen LogP contribution in [0.3, 0.4) is 0 Å². The average Bonchev–Trinajstić information content (AvgIpc) is 2.93. The Labute approximate surface area is 125 Å². The zero-order valence-corrected chi connectivity index (χ0v) is 12.2. The van der Waals surface area contributed by atoms with Crippen molar-refractivity contribution in [2.24, 2.45) is 0 Å². The fraction of sp³-hybridized carbons (Fsp3) is 0.250. The number of aromatic nitrogens is 2. The van der Waals surface area contributed by atoms with E-state index in [-0.39, 0.29) is 5.56 Å². The molecule has 0 bridgehead atoms. The van der Waals surface area contributed by atoms with Crippen LogP contribution < -0.4 is 10.9 Å². The first-order chi connectivity index (χ1) is 10.3. The zero-order chi connectivity index (χ0) is 14.2. The fourth-order valence-electron chi connectivity index (χ4n) is 2.91. The number of fused-ring (bicyclic) bond motifs is 2. The molecule has 0 spiro atoms. The van der Waals surface area contributed by atoms with E-state index in [0.717, 1.165) is 18.5 Å². The van der Waals surface area contributed by atoms with E-state index < -0.39 is 0 Å². The van der Waals surface area contributed by atoms with Gasteiger partial charge in [-0.3, -0.25) is 4.79 Å². The van der Waals surface area contributed by atoms with Crippen LogP contribution in [-0.4, -0.2) is 16.5 Å². The van der Waals surface area contributed by atoms with Crippen molar-refractivity contribution < 1.29 is 0 Å². The molecule has 4 rings (SSSR count). The van der Waals surface area contributed by atoms with Gasteiger partial charge in [-0.15, -0.1) is 11.3 Å². The maximum Gasteiger partial charge on any atom is 0.268 e. The maximum atomic E-state index is 11.9. The van der Waals surface area contributed by atoms with Crippen molar-refractivity contribution >= 4 is 21.6 Å². The molecule has 0 fully saturated rings. The van der Waals surface area contributed by atoms with Crippen molar-refractivity contribution in [3.8, 4) is 0 Å². The molecule has 0 aliphatic heterocycles. The quantitative estimate of drug-likeness (QED) is 0.777. The topological polar surface area (TPSA) is 57.8 Å². The predicted molar refractivity (Wildman–Crippen MR) is 84.8 cm³/mol. The molecule has 2 N–H and O–H groups in total. The van der Waals surface area contributed by atoms with Gasteiger partial charge in [0.1, 0.15) is 10.5 Å². The first-order valence-corrected chi connectivity index (χ1v) is 7.94. The first kappa shape index (κ1) is 12.7. The van der Waals surface area contributed by atoms with Crippen LogP contribution in [-0.2, 0) is 13.0 Å². The van der Waals surface area contributed by atoms with E-state index in [1.165, 1.54) is 22.5 Å². The molecule has 4 nitrogen and oxygen atoms in total. The molecule has 21 heavy (non-hydrogen) atoms. The molecule has 106 valence electrons. The molecule has 0 saturated heterocycles. The fourth-order valence-corrected chi connectivity index (χ4v) is 3.64. The molecule has 5 heteroatoms. The Bertz CT molecular complexity index is 852. The third kappa shape index (κ3) is 2.28. The Hall–Kier alpha value is -1.98. The van der Waals surface area contributed by atoms with Gasteiger partial charge in [0.2, 0.25) is 0 Å². The molecular formula is C16H15N3OS. The van der Waals surface area contributed by atoms with Gasteiger partial charge < -0.3 is 10.3 Å². The summed E-state index contributed by atoms with van der Waals surface area (Å²) in [7, 11) is 0. The first-order valence-electron chi connectivity index (χ1n) is 7.06. The summed E-state index contributed by atoms with van der Waals surface area (Å²) in [5, 5.41) is 5.30. The lowest BCUT2D eigenvalue weighted by molar-refractivity contribution is 0.528. The molecule has 1 unspecified atom stereocenters. The monoisotopic (exact) mass is 297 g/mol. The molecule has 2 heterocycles. The lowest BCUT2D eigenvalue weighted by Gasteiger charge is -2.30. The van der Waals surface area contributed by atoms with Crippen LogP contribution in [0.1, 0.15) is 22.9 Å². The Kier molecular flexibility index (Phi) is 3.09. The van der Waals surface area contributed by atoms with Crippen molar-refractivity contribution in [3.05, 3.63) is 63.0 Å². The minimum atomic E-state index is -0.0409. The number of hydrogen-bond donors (Lipinski definition) is 2. The van der Waals surface area contributed by atoms with Gasteiger partial charge in [-0.1, -0.05) is 24.3 Å². The van der Waals surface area contributed by atoms with Gasteiger partial charge in [0.15, 0.2) is 0 Å². The van der Waals surface area contributed by atoms with Gasteiger partial charge in [-0.2, -0.15) is 0 Å². The number of nitrogens with one attached hydrogen (secondary N) is 2. The number of hydrogen-bond acceptors (Lipinski definition) is 4. The van der Waals surface area contributed by atoms with E-state index in [4.69, 9.17) is 0 Å². The van der Waals surface area contributed by atoms with Crippen LogP contribution >= 0.6 is 11.3 Å². The van der Waals surface area contributed by atoms with Gasteiger partial charge in [-0.25, -0.2) is 4.98 Å². The highest BCUT2D eigenvalue weighted by molar-refractivity contribution is 7.17. The van der Waals surface area contributed by atoms with Crippen LogP contribution in [0, 0.1) is 0 Å². The van der Waals surface area contributed by atoms with Crippen LogP contribution in [0.5, 0.6) is 0 Å². The summed E-state index contributed by atoms with van der Waals surface area (Å²) in [6.07, 6.45) is 1.14. The molecule has 0 amide bonds. The van der Waals surface area contributed by atoms with E-state index in [0.29, 0.717) is 23.0 Å². The smallest absolute Gasteiger partial charge is 0.268 e. The van der Waals surface area contributed by atoms with Gasteiger partial charge >= 0.3 is 0 Å². The number of rotatable bonds is 4. The summed E-state index contributed by atoms with van der Waals surface area (Å²) < 4.78 is 0.701. The predicted octanol–water partition coefficient (Wildman–Crippen LogP) is 2.41. The van der Waals surface area contributed by atoms with Crippen LogP contribution in [0.15, 0.2) is 40.5 Å². The van der Waals surface area contributed by atoms with Gasteiger partial charge in [0.05, 0.1) is 12.1 Å². The summed E-state index contributed by atoms with van der Waals surface area (Å²) in [6, 6.07) is 10.5. The second kappa shape index (κ2) is 5.09. The summed E-state index contributed by atoms with van der Waals surface area (Å²) in [4.78, 5) is 19.2. The molecule has 1 aliphatic rings. The van der Waals surface area contributed by atoms with Crippen LogP contribution in [0.2, 0.25) is 0 Å². The Morgan fingerprint density at radius 3 is 3.14 bits per heavy atom. The molecule has 0 radical (unpaired) electrons.